The molecule has 4 aromatic rings. The van der Waals surface area contributed by atoms with E-state index in [0.29, 0.717) is 11.6 Å². The number of carbonyl (C=O) groups is 3. The molecule has 44 heavy (non-hydrogen) atoms. The monoisotopic (exact) mass is 646 g/mol. The Balaban J connectivity index is 1.52. The van der Waals surface area contributed by atoms with Crippen molar-refractivity contribution in [1.29, 1.82) is 0 Å². The van der Waals surface area contributed by atoms with E-state index in [1.54, 1.807) is 36.6 Å². The highest BCUT2D eigenvalue weighted by molar-refractivity contribution is 7.92. The van der Waals surface area contributed by atoms with E-state index in [1.165, 1.54) is 31.2 Å². The SMILES string of the molecule is CCOC(=O)c1c(-c2ccccc2)csc1NC(=O)[C@H](C)OC(=O)c1ccccc1NS(=O)(=O)c1cccc(C(F)(F)F)c1. The molecule has 3 aromatic carbocycles. The molecule has 1 aromatic heterocycles. The Morgan fingerprint density at radius 3 is 2.30 bits per heavy atom. The van der Waals surface area contributed by atoms with Gasteiger partial charge in [-0.15, -0.1) is 11.3 Å². The topological polar surface area (TPSA) is 128 Å². The summed E-state index contributed by atoms with van der Waals surface area (Å²) in [5.41, 5.74) is -0.354. The second-order valence-corrected chi connectivity index (χ2v) is 11.7. The Morgan fingerprint density at radius 2 is 1.61 bits per heavy atom. The van der Waals surface area contributed by atoms with Crippen molar-refractivity contribution in [2.45, 2.75) is 31.0 Å². The number of nitrogens with one attached hydrogen (secondary N) is 2. The van der Waals surface area contributed by atoms with E-state index in [4.69, 9.17) is 9.47 Å². The van der Waals surface area contributed by atoms with Crippen LogP contribution >= 0.6 is 11.3 Å². The van der Waals surface area contributed by atoms with Gasteiger partial charge in [-0.3, -0.25) is 9.52 Å². The predicted molar refractivity (Wildman–Crippen MR) is 158 cm³/mol. The highest BCUT2D eigenvalue weighted by atomic mass is 32.2. The van der Waals surface area contributed by atoms with E-state index >= 15 is 0 Å². The molecule has 0 aliphatic carbocycles. The van der Waals surface area contributed by atoms with Crippen LogP contribution in [0.2, 0.25) is 0 Å². The van der Waals surface area contributed by atoms with Gasteiger partial charge in [0.1, 0.15) is 10.6 Å². The molecule has 0 aliphatic heterocycles. The van der Waals surface area contributed by atoms with Crippen molar-refractivity contribution < 1.29 is 45.4 Å². The van der Waals surface area contributed by atoms with Crippen molar-refractivity contribution in [2.24, 2.45) is 0 Å². The van der Waals surface area contributed by atoms with Gasteiger partial charge >= 0.3 is 18.1 Å². The van der Waals surface area contributed by atoms with E-state index in [9.17, 15) is 36.0 Å². The number of thiophene rings is 1. The molecule has 0 bridgehead atoms. The summed E-state index contributed by atoms with van der Waals surface area (Å²) in [6.07, 6.45) is -6.18. The highest BCUT2D eigenvalue weighted by Crippen LogP contribution is 2.36. The molecular formula is C30H25F3N2O7S2. The quantitative estimate of drug-likeness (QED) is 0.186. The first-order valence-electron chi connectivity index (χ1n) is 13.0. The van der Waals surface area contributed by atoms with Crippen molar-refractivity contribution in [3.8, 4) is 11.1 Å². The van der Waals surface area contributed by atoms with Crippen LogP contribution in [-0.2, 0) is 30.5 Å². The van der Waals surface area contributed by atoms with E-state index in [-0.39, 0.29) is 28.4 Å². The lowest BCUT2D eigenvalue weighted by Gasteiger charge is -2.16. The van der Waals surface area contributed by atoms with Gasteiger partial charge in [0.2, 0.25) is 0 Å². The summed E-state index contributed by atoms with van der Waals surface area (Å²) in [6, 6.07) is 17.3. The third-order valence-corrected chi connectivity index (χ3v) is 8.37. The van der Waals surface area contributed by atoms with Gasteiger partial charge in [-0.1, -0.05) is 48.5 Å². The molecule has 14 heteroatoms. The first-order valence-corrected chi connectivity index (χ1v) is 15.3. The Morgan fingerprint density at radius 1 is 0.932 bits per heavy atom. The maximum atomic E-state index is 13.1. The third kappa shape index (κ3) is 7.44. The minimum atomic E-state index is -4.77. The first-order chi connectivity index (χ1) is 20.8. The zero-order valence-electron chi connectivity index (χ0n) is 23.2. The van der Waals surface area contributed by atoms with Gasteiger partial charge in [0.25, 0.3) is 15.9 Å². The number of ether oxygens (including phenoxy) is 2. The standard InChI is InChI=1S/C30H25F3N2O7S2/c1-3-41-29(38)25-23(19-10-5-4-6-11-19)17-43-27(25)34-26(36)18(2)42-28(37)22-14-7-8-15-24(22)35-44(39,40)21-13-9-12-20(16-21)30(31,32)33/h4-18,35H,3H2,1-2H3,(H,34,36)/t18-/m0/s1. The molecule has 0 spiro atoms. The number of benzene rings is 3. The fourth-order valence-corrected chi connectivity index (χ4v) is 6.06. The van der Waals surface area contributed by atoms with Crippen LogP contribution in [0.3, 0.4) is 0 Å². The van der Waals surface area contributed by atoms with Crippen LogP contribution in [-0.4, -0.2) is 39.0 Å². The average Bonchev–Trinajstić information content (AvgIpc) is 3.41. The van der Waals surface area contributed by atoms with E-state index in [2.05, 4.69) is 10.0 Å². The maximum absolute atomic E-state index is 13.1. The molecule has 0 saturated heterocycles. The maximum Gasteiger partial charge on any atom is 0.416 e. The summed E-state index contributed by atoms with van der Waals surface area (Å²) < 4.78 is 77.7. The molecule has 0 aliphatic rings. The fraction of sp³-hybridized carbons (Fsp3) is 0.167. The third-order valence-electron chi connectivity index (χ3n) is 6.11. The molecule has 1 amide bonds. The van der Waals surface area contributed by atoms with Crippen LogP contribution in [0.5, 0.6) is 0 Å². The van der Waals surface area contributed by atoms with E-state index in [1.807, 2.05) is 6.07 Å². The second kappa shape index (κ2) is 13.3. The molecule has 0 fully saturated rings. The lowest BCUT2D eigenvalue weighted by atomic mass is 10.0. The average molecular weight is 647 g/mol. The molecular weight excluding hydrogens is 621 g/mol. The summed E-state index contributed by atoms with van der Waals surface area (Å²) in [7, 11) is -4.56. The number of halogens is 3. The van der Waals surface area contributed by atoms with Crippen LogP contribution in [0.1, 0.15) is 40.1 Å². The van der Waals surface area contributed by atoms with Gasteiger partial charge < -0.3 is 14.8 Å². The van der Waals surface area contributed by atoms with Crippen LogP contribution in [0.4, 0.5) is 23.9 Å². The molecule has 1 atom stereocenters. The molecule has 4 rings (SSSR count). The number of para-hydroxylation sites is 1. The number of amides is 1. The lowest BCUT2D eigenvalue weighted by Crippen LogP contribution is -2.30. The molecule has 0 saturated carbocycles. The minimum absolute atomic E-state index is 0.0985. The van der Waals surface area contributed by atoms with Gasteiger partial charge in [0.15, 0.2) is 6.10 Å². The Hall–Kier alpha value is -4.69. The summed E-state index contributed by atoms with van der Waals surface area (Å²) in [5, 5.41) is 4.44. The Kier molecular flexibility index (Phi) is 9.75. The second-order valence-electron chi connectivity index (χ2n) is 9.15. The fourth-order valence-electron chi connectivity index (χ4n) is 3.97. The number of alkyl halides is 3. The van der Waals surface area contributed by atoms with Gasteiger partial charge in [-0.05, 0) is 49.7 Å². The molecule has 1 heterocycles. The summed E-state index contributed by atoms with van der Waals surface area (Å²) in [6.45, 7) is 3.02. The Bertz CT molecular complexity index is 1790. The lowest BCUT2D eigenvalue weighted by molar-refractivity contribution is -0.137. The number of carbonyl (C=O) groups excluding carboxylic acids is 3. The predicted octanol–water partition coefficient (Wildman–Crippen LogP) is 6.60. The van der Waals surface area contributed by atoms with Gasteiger partial charge in [-0.2, -0.15) is 13.2 Å². The molecule has 230 valence electrons. The van der Waals surface area contributed by atoms with Crippen LogP contribution in [0, 0.1) is 0 Å². The van der Waals surface area contributed by atoms with Crippen LogP contribution in [0.25, 0.3) is 11.1 Å². The summed E-state index contributed by atoms with van der Waals surface area (Å²) in [5.74, 6) is -2.53. The van der Waals surface area contributed by atoms with Crippen molar-refractivity contribution >= 4 is 49.9 Å². The number of anilines is 2. The zero-order chi connectivity index (χ0) is 32.1. The van der Waals surface area contributed by atoms with Crippen molar-refractivity contribution in [3.05, 3.63) is 101 Å². The number of hydrogen-bond acceptors (Lipinski definition) is 8. The van der Waals surface area contributed by atoms with Crippen molar-refractivity contribution in [3.63, 3.8) is 0 Å². The largest absolute Gasteiger partial charge is 0.462 e. The van der Waals surface area contributed by atoms with Crippen LogP contribution in [0.15, 0.2) is 89.1 Å². The number of sulfonamides is 1. The number of rotatable bonds is 10. The first kappa shape index (κ1) is 32.2. The van der Waals surface area contributed by atoms with Gasteiger partial charge in [0.05, 0.1) is 28.3 Å². The molecule has 9 nitrogen and oxygen atoms in total. The van der Waals surface area contributed by atoms with Gasteiger partial charge in [-0.25, -0.2) is 18.0 Å². The van der Waals surface area contributed by atoms with Gasteiger partial charge in [0, 0.05) is 10.9 Å². The zero-order valence-corrected chi connectivity index (χ0v) is 24.8. The summed E-state index contributed by atoms with van der Waals surface area (Å²) in [4.78, 5) is 38.2. The van der Waals surface area contributed by atoms with Crippen LogP contribution < -0.4 is 10.0 Å². The smallest absolute Gasteiger partial charge is 0.416 e. The molecule has 0 unspecified atom stereocenters. The van der Waals surface area contributed by atoms with Crippen molar-refractivity contribution in [1.82, 2.24) is 0 Å². The highest BCUT2D eigenvalue weighted by Gasteiger charge is 2.32. The van der Waals surface area contributed by atoms with Crippen molar-refractivity contribution in [2.75, 3.05) is 16.6 Å². The normalized spacial score (nSPS) is 12.2. The number of hydrogen-bond donors (Lipinski definition) is 2. The number of esters is 2. The summed E-state index contributed by atoms with van der Waals surface area (Å²) >= 11 is 1.07. The minimum Gasteiger partial charge on any atom is -0.462 e. The van der Waals surface area contributed by atoms with E-state index in [0.717, 1.165) is 35.1 Å². The van der Waals surface area contributed by atoms with E-state index < -0.39 is 50.6 Å². The molecule has 2 N–H and O–H groups in total. The Labute approximate surface area is 254 Å². The molecule has 0 radical (unpaired) electrons.